The standard InChI is InChI=1S/C52H34N4/c1-5-18-35(19-6-1)49-53-50(36-20-7-2-8-21-36)55-51(54-49)43-28-17-31-46-48(43)42-27-14-16-30-45(42)52(46)44-29-15-13-26-40(44)41-33-32-39(34-47(41)52)56(37-22-9-3-10-23-37)38-24-11-4-12-25-38/h1-34H. The smallest absolute Gasteiger partial charge is 0.164 e. The summed E-state index contributed by atoms with van der Waals surface area (Å²) in [5, 5.41) is 0. The molecule has 11 rings (SSSR count). The van der Waals surface area contributed by atoms with E-state index in [1.807, 2.05) is 36.4 Å². The van der Waals surface area contributed by atoms with Gasteiger partial charge in [-0.2, -0.15) is 0 Å². The van der Waals surface area contributed by atoms with Crippen LogP contribution in [0.25, 0.3) is 56.4 Å². The van der Waals surface area contributed by atoms with Crippen molar-refractivity contribution in [2.24, 2.45) is 0 Å². The van der Waals surface area contributed by atoms with Crippen LogP contribution in [0.1, 0.15) is 22.3 Å². The number of para-hydroxylation sites is 2. The molecule has 2 aliphatic rings. The predicted octanol–water partition coefficient (Wildman–Crippen LogP) is 12.7. The first kappa shape index (κ1) is 32.0. The van der Waals surface area contributed by atoms with E-state index in [-0.39, 0.29) is 0 Å². The van der Waals surface area contributed by atoms with Crippen molar-refractivity contribution in [1.82, 2.24) is 15.0 Å². The highest BCUT2D eigenvalue weighted by atomic mass is 15.1. The number of fused-ring (bicyclic) bond motifs is 10. The van der Waals surface area contributed by atoms with E-state index in [1.165, 1.54) is 38.9 Å². The molecule has 1 atom stereocenters. The Morgan fingerprint density at radius 3 is 1.36 bits per heavy atom. The van der Waals surface area contributed by atoms with Gasteiger partial charge in [0.25, 0.3) is 0 Å². The van der Waals surface area contributed by atoms with E-state index in [4.69, 9.17) is 15.0 Å². The van der Waals surface area contributed by atoms with E-state index in [0.29, 0.717) is 17.5 Å². The van der Waals surface area contributed by atoms with Crippen molar-refractivity contribution >= 4 is 17.1 Å². The Hall–Kier alpha value is -7.43. The third-order valence-electron chi connectivity index (χ3n) is 11.3. The molecule has 0 saturated heterocycles. The largest absolute Gasteiger partial charge is 0.310 e. The molecule has 1 aromatic heterocycles. The number of benzene rings is 8. The number of aromatic nitrogens is 3. The summed E-state index contributed by atoms with van der Waals surface area (Å²) >= 11 is 0. The molecule has 0 amide bonds. The average molecular weight is 715 g/mol. The summed E-state index contributed by atoms with van der Waals surface area (Å²) in [5.74, 6) is 1.95. The second kappa shape index (κ2) is 12.9. The minimum Gasteiger partial charge on any atom is -0.310 e. The normalized spacial score (nSPS) is 14.5. The van der Waals surface area contributed by atoms with Gasteiger partial charge in [0.1, 0.15) is 0 Å². The maximum absolute atomic E-state index is 5.23. The van der Waals surface area contributed by atoms with Crippen LogP contribution < -0.4 is 4.90 Å². The molecule has 262 valence electrons. The summed E-state index contributed by atoms with van der Waals surface area (Å²) in [7, 11) is 0. The molecule has 1 spiro atoms. The average Bonchev–Trinajstić information content (AvgIpc) is 3.75. The highest BCUT2D eigenvalue weighted by Crippen LogP contribution is 2.64. The maximum Gasteiger partial charge on any atom is 0.164 e. The lowest BCUT2D eigenvalue weighted by Gasteiger charge is -2.32. The fraction of sp³-hybridized carbons (Fsp3) is 0.0192. The molecule has 2 aliphatic carbocycles. The van der Waals surface area contributed by atoms with Gasteiger partial charge in [0.15, 0.2) is 17.5 Å². The molecular weight excluding hydrogens is 681 g/mol. The van der Waals surface area contributed by atoms with Crippen LogP contribution in [0.3, 0.4) is 0 Å². The van der Waals surface area contributed by atoms with Gasteiger partial charge in [0, 0.05) is 33.8 Å². The van der Waals surface area contributed by atoms with Crippen molar-refractivity contribution in [3.05, 3.63) is 229 Å². The molecule has 0 aliphatic heterocycles. The Labute approximate surface area is 326 Å². The van der Waals surface area contributed by atoms with Gasteiger partial charge in [-0.1, -0.05) is 170 Å². The zero-order valence-electron chi connectivity index (χ0n) is 30.4. The monoisotopic (exact) mass is 714 g/mol. The molecule has 0 bridgehead atoms. The molecule has 0 fully saturated rings. The molecule has 1 heterocycles. The fourth-order valence-electron chi connectivity index (χ4n) is 9.03. The quantitative estimate of drug-likeness (QED) is 0.172. The second-order valence-electron chi connectivity index (χ2n) is 14.3. The Bertz CT molecular complexity index is 2810. The highest BCUT2D eigenvalue weighted by Gasteiger charge is 2.52. The van der Waals surface area contributed by atoms with Gasteiger partial charge in [-0.15, -0.1) is 0 Å². The lowest BCUT2D eigenvalue weighted by molar-refractivity contribution is 0.793. The van der Waals surface area contributed by atoms with Gasteiger partial charge in [-0.25, -0.2) is 15.0 Å². The molecule has 4 heteroatoms. The maximum atomic E-state index is 5.23. The summed E-state index contributed by atoms with van der Waals surface area (Å²) in [5.41, 5.74) is 15.5. The van der Waals surface area contributed by atoms with E-state index in [0.717, 1.165) is 39.3 Å². The van der Waals surface area contributed by atoms with Crippen LogP contribution in [0.5, 0.6) is 0 Å². The Balaban J connectivity index is 1.19. The lowest BCUT2D eigenvalue weighted by atomic mass is 9.70. The number of hydrogen-bond donors (Lipinski definition) is 0. The van der Waals surface area contributed by atoms with Crippen molar-refractivity contribution < 1.29 is 0 Å². The first-order valence-electron chi connectivity index (χ1n) is 19.0. The van der Waals surface area contributed by atoms with Gasteiger partial charge in [0.2, 0.25) is 0 Å². The highest BCUT2D eigenvalue weighted by molar-refractivity contribution is 6.00. The zero-order chi connectivity index (χ0) is 37.1. The topological polar surface area (TPSA) is 41.9 Å². The van der Waals surface area contributed by atoms with Crippen LogP contribution in [0, 0.1) is 0 Å². The molecule has 0 N–H and O–H groups in total. The molecule has 8 aromatic carbocycles. The molecule has 56 heavy (non-hydrogen) atoms. The predicted molar refractivity (Wildman–Crippen MR) is 227 cm³/mol. The number of nitrogens with zero attached hydrogens (tertiary/aromatic N) is 4. The van der Waals surface area contributed by atoms with Crippen molar-refractivity contribution in [3.63, 3.8) is 0 Å². The molecule has 4 nitrogen and oxygen atoms in total. The van der Waals surface area contributed by atoms with Gasteiger partial charge < -0.3 is 4.90 Å². The summed E-state index contributed by atoms with van der Waals surface area (Å²) in [6.07, 6.45) is 0. The van der Waals surface area contributed by atoms with Crippen LogP contribution in [0.15, 0.2) is 206 Å². The summed E-state index contributed by atoms with van der Waals surface area (Å²) < 4.78 is 0. The van der Waals surface area contributed by atoms with Gasteiger partial charge >= 0.3 is 0 Å². The van der Waals surface area contributed by atoms with E-state index >= 15 is 0 Å². The first-order valence-corrected chi connectivity index (χ1v) is 19.0. The van der Waals surface area contributed by atoms with Crippen LogP contribution in [-0.4, -0.2) is 15.0 Å². The Kier molecular flexibility index (Phi) is 7.36. The summed E-state index contributed by atoms with van der Waals surface area (Å²) in [6.45, 7) is 0. The van der Waals surface area contributed by atoms with E-state index < -0.39 is 5.41 Å². The zero-order valence-corrected chi connectivity index (χ0v) is 30.4. The molecule has 1 unspecified atom stereocenters. The molecule has 0 radical (unpaired) electrons. The SMILES string of the molecule is c1ccc(-c2nc(-c3ccccc3)nc(-c3cccc4c3-c3ccccc3C43c4ccccc4-c4ccc(N(c5ccccc5)c5ccccc5)cc43)n2)cc1. The van der Waals surface area contributed by atoms with Crippen molar-refractivity contribution in [2.75, 3.05) is 4.90 Å². The third-order valence-corrected chi connectivity index (χ3v) is 11.3. The van der Waals surface area contributed by atoms with Crippen LogP contribution >= 0.6 is 0 Å². The first-order chi connectivity index (χ1) is 27.8. The minimum absolute atomic E-state index is 0.569. The van der Waals surface area contributed by atoms with Crippen molar-refractivity contribution in [3.8, 4) is 56.4 Å². The third kappa shape index (κ3) is 4.83. The fourth-order valence-corrected chi connectivity index (χ4v) is 9.03. The lowest BCUT2D eigenvalue weighted by Crippen LogP contribution is -2.26. The second-order valence-corrected chi connectivity index (χ2v) is 14.3. The van der Waals surface area contributed by atoms with Gasteiger partial charge in [-0.05, 0) is 80.9 Å². The number of hydrogen-bond acceptors (Lipinski definition) is 4. The van der Waals surface area contributed by atoms with Gasteiger partial charge in [-0.3, -0.25) is 0 Å². The molecular formula is C52H34N4. The van der Waals surface area contributed by atoms with Crippen LogP contribution in [0.4, 0.5) is 17.1 Å². The van der Waals surface area contributed by atoms with Crippen molar-refractivity contribution in [1.29, 1.82) is 0 Å². The summed E-state index contributed by atoms with van der Waals surface area (Å²) in [6, 6.07) is 73.3. The van der Waals surface area contributed by atoms with E-state index in [9.17, 15) is 0 Å². The van der Waals surface area contributed by atoms with Gasteiger partial charge in [0.05, 0.1) is 5.41 Å². The summed E-state index contributed by atoms with van der Waals surface area (Å²) in [4.78, 5) is 17.8. The molecule has 0 saturated carbocycles. The minimum atomic E-state index is -0.569. The van der Waals surface area contributed by atoms with E-state index in [2.05, 4.69) is 175 Å². The van der Waals surface area contributed by atoms with Crippen LogP contribution in [-0.2, 0) is 5.41 Å². The Morgan fingerprint density at radius 2 is 0.750 bits per heavy atom. The molecule has 9 aromatic rings. The van der Waals surface area contributed by atoms with Crippen molar-refractivity contribution in [2.45, 2.75) is 5.41 Å². The van der Waals surface area contributed by atoms with E-state index in [1.54, 1.807) is 0 Å². The Morgan fingerprint density at radius 1 is 0.304 bits per heavy atom. The van der Waals surface area contributed by atoms with Crippen LogP contribution in [0.2, 0.25) is 0 Å². The number of rotatable bonds is 6. The number of anilines is 3.